The Balaban J connectivity index is 1.44. The monoisotopic (exact) mass is 422 g/mol. The number of piperidine rings is 1. The molecule has 4 fully saturated rings. The molecule has 4 aliphatic rings. The van der Waals surface area contributed by atoms with Crippen molar-refractivity contribution in [1.29, 1.82) is 0 Å². The van der Waals surface area contributed by atoms with E-state index in [1.165, 1.54) is 44.9 Å². The van der Waals surface area contributed by atoms with Gasteiger partial charge in [-0.15, -0.1) is 0 Å². The van der Waals surface area contributed by atoms with E-state index in [4.69, 9.17) is 10.5 Å². The van der Waals surface area contributed by atoms with Crippen LogP contribution in [0.15, 0.2) is 0 Å². The molecule has 0 aromatic heterocycles. The molecule has 1 aliphatic heterocycles. The molecule has 8 atom stereocenters. The first-order valence-corrected chi connectivity index (χ1v) is 12.5. The van der Waals surface area contributed by atoms with Crippen molar-refractivity contribution in [3.63, 3.8) is 0 Å². The Morgan fingerprint density at radius 2 is 1.80 bits per heavy atom. The molecule has 0 spiro atoms. The number of carbonyl (C=O) groups excluding carboxylic acids is 1. The topological polar surface area (TPSA) is 96.0 Å². The summed E-state index contributed by atoms with van der Waals surface area (Å²) in [6.07, 6.45) is 8.99. The smallest absolute Gasteiger partial charge is 0.230 e. The maximum absolute atomic E-state index is 13.6. The molecule has 0 radical (unpaired) electrons. The number of rotatable bonds is 4. The van der Waals surface area contributed by atoms with Gasteiger partial charge in [-0.1, -0.05) is 32.6 Å². The highest BCUT2D eigenvalue weighted by atomic mass is 16.5. The van der Waals surface area contributed by atoms with E-state index in [1.54, 1.807) is 0 Å². The summed E-state index contributed by atoms with van der Waals surface area (Å²) in [4.78, 5) is 15.6. The van der Waals surface area contributed by atoms with Gasteiger partial charge >= 0.3 is 0 Å². The summed E-state index contributed by atoms with van der Waals surface area (Å²) in [5, 5.41) is 21.3. The van der Waals surface area contributed by atoms with E-state index in [0.717, 1.165) is 19.4 Å². The summed E-state index contributed by atoms with van der Waals surface area (Å²) in [5.41, 5.74) is 6.41. The number of likely N-dealkylation sites (tertiary alicyclic amines) is 1. The average molecular weight is 423 g/mol. The van der Waals surface area contributed by atoms with Gasteiger partial charge in [-0.3, -0.25) is 4.79 Å². The van der Waals surface area contributed by atoms with Crippen molar-refractivity contribution < 1.29 is 19.7 Å². The number of amides is 1. The summed E-state index contributed by atoms with van der Waals surface area (Å²) in [7, 11) is 0. The fourth-order valence-corrected chi connectivity index (χ4v) is 6.65. The molecule has 1 heterocycles. The molecule has 4 rings (SSSR count). The standard InChI is InChI=1S/C24H42N2O4/c1-15-20(27)12-21(28)22(23(15)30-14-16-6-3-2-4-7-16)24(29)26-11-10-17-8-5-9-19(25)18(17)13-26/h15-23,27-28H,2-14,25H2,1H3. The Bertz CT molecular complexity index is 582. The van der Waals surface area contributed by atoms with Crippen molar-refractivity contribution in [3.8, 4) is 0 Å². The van der Waals surface area contributed by atoms with Crippen LogP contribution in [0.5, 0.6) is 0 Å². The van der Waals surface area contributed by atoms with Crippen molar-refractivity contribution in [2.24, 2.45) is 35.3 Å². The molecular weight excluding hydrogens is 380 g/mol. The van der Waals surface area contributed by atoms with E-state index in [1.807, 2.05) is 11.8 Å². The van der Waals surface area contributed by atoms with E-state index in [2.05, 4.69) is 0 Å². The third kappa shape index (κ3) is 4.72. The van der Waals surface area contributed by atoms with Crippen LogP contribution in [0.4, 0.5) is 0 Å². The number of nitrogens with zero attached hydrogens (tertiary/aromatic N) is 1. The lowest BCUT2D eigenvalue weighted by atomic mass is 9.71. The van der Waals surface area contributed by atoms with Gasteiger partial charge in [0.05, 0.1) is 24.2 Å². The van der Waals surface area contributed by atoms with Crippen molar-refractivity contribution in [2.45, 2.75) is 95.5 Å². The van der Waals surface area contributed by atoms with Gasteiger partial charge in [0.1, 0.15) is 0 Å². The van der Waals surface area contributed by atoms with Gasteiger partial charge in [0.15, 0.2) is 0 Å². The predicted molar refractivity (Wildman–Crippen MR) is 116 cm³/mol. The maximum atomic E-state index is 13.6. The number of aliphatic hydroxyl groups excluding tert-OH is 2. The minimum Gasteiger partial charge on any atom is -0.393 e. The highest BCUT2D eigenvalue weighted by Gasteiger charge is 2.49. The second-order valence-electron chi connectivity index (χ2n) is 10.6. The number of hydrogen-bond acceptors (Lipinski definition) is 5. The molecule has 8 unspecified atom stereocenters. The van der Waals surface area contributed by atoms with E-state index >= 15 is 0 Å². The Morgan fingerprint density at radius 3 is 2.57 bits per heavy atom. The molecule has 6 heteroatoms. The zero-order chi connectivity index (χ0) is 21.3. The highest BCUT2D eigenvalue weighted by molar-refractivity contribution is 5.80. The molecule has 0 aromatic rings. The second-order valence-corrected chi connectivity index (χ2v) is 10.6. The van der Waals surface area contributed by atoms with Crippen molar-refractivity contribution in [2.75, 3.05) is 19.7 Å². The molecule has 1 amide bonds. The number of ether oxygens (including phenoxy) is 1. The molecule has 3 saturated carbocycles. The number of hydrogen-bond donors (Lipinski definition) is 3. The first-order valence-electron chi connectivity index (χ1n) is 12.5. The quantitative estimate of drug-likeness (QED) is 0.646. The SMILES string of the molecule is CC1C(O)CC(O)C(C(=O)N2CCC3CCCC(N)C3C2)C1OCC1CCCCC1. The Labute approximate surface area is 181 Å². The Kier molecular flexibility index (Phi) is 7.38. The first-order chi connectivity index (χ1) is 14.5. The third-order valence-corrected chi connectivity index (χ3v) is 8.69. The van der Waals surface area contributed by atoms with Gasteiger partial charge in [0.2, 0.25) is 5.91 Å². The van der Waals surface area contributed by atoms with Crippen LogP contribution >= 0.6 is 0 Å². The van der Waals surface area contributed by atoms with Gasteiger partial charge in [-0.2, -0.15) is 0 Å². The summed E-state index contributed by atoms with van der Waals surface area (Å²) >= 11 is 0. The Morgan fingerprint density at radius 1 is 1.03 bits per heavy atom. The van der Waals surface area contributed by atoms with Crippen LogP contribution in [0.25, 0.3) is 0 Å². The minimum atomic E-state index is -0.849. The van der Waals surface area contributed by atoms with Crippen molar-refractivity contribution in [1.82, 2.24) is 4.90 Å². The zero-order valence-electron chi connectivity index (χ0n) is 18.6. The molecule has 1 saturated heterocycles. The molecular formula is C24H42N2O4. The lowest BCUT2D eigenvalue weighted by Crippen LogP contribution is -2.59. The van der Waals surface area contributed by atoms with Crippen LogP contribution in [0.3, 0.4) is 0 Å². The van der Waals surface area contributed by atoms with E-state index in [-0.39, 0.29) is 24.3 Å². The number of carbonyl (C=O) groups is 1. The van der Waals surface area contributed by atoms with Gasteiger partial charge in [0, 0.05) is 38.1 Å². The van der Waals surface area contributed by atoms with Gasteiger partial charge in [-0.05, 0) is 49.9 Å². The number of aliphatic hydroxyl groups is 2. The van der Waals surface area contributed by atoms with Crippen LogP contribution in [-0.2, 0) is 9.53 Å². The summed E-state index contributed by atoms with van der Waals surface area (Å²) in [6, 6.07) is 0.176. The van der Waals surface area contributed by atoms with E-state index in [9.17, 15) is 15.0 Å². The van der Waals surface area contributed by atoms with Crippen LogP contribution in [0.2, 0.25) is 0 Å². The summed E-state index contributed by atoms with van der Waals surface area (Å²) in [5.74, 6) is 0.818. The average Bonchev–Trinajstić information content (AvgIpc) is 2.75. The van der Waals surface area contributed by atoms with Gasteiger partial charge in [0.25, 0.3) is 0 Å². The summed E-state index contributed by atoms with van der Waals surface area (Å²) in [6.45, 7) is 4.06. The normalized spacial score (nSPS) is 43.3. The van der Waals surface area contributed by atoms with Crippen LogP contribution in [0, 0.1) is 29.6 Å². The first kappa shape index (κ1) is 22.5. The van der Waals surface area contributed by atoms with Crippen molar-refractivity contribution >= 4 is 5.91 Å². The second kappa shape index (κ2) is 9.85. The molecule has 0 bridgehead atoms. The summed E-state index contributed by atoms with van der Waals surface area (Å²) < 4.78 is 6.34. The largest absolute Gasteiger partial charge is 0.393 e. The fraction of sp³-hybridized carbons (Fsp3) is 0.958. The maximum Gasteiger partial charge on any atom is 0.230 e. The predicted octanol–water partition coefficient (Wildman–Crippen LogP) is 2.31. The van der Waals surface area contributed by atoms with Gasteiger partial charge in [-0.25, -0.2) is 0 Å². The third-order valence-electron chi connectivity index (χ3n) is 8.69. The number of fused-ring (bicyclic) bond motifs is 1. The molecule has 30 heavy (non-hydrogen) atoms. The van der Waals surface area contributed by atoms with Crippen molar-refractivity contribution in [3.05, 3.63) is 0 Å². The highest BCUT2D eigenvalue weighted by Crippen LogP contribution is 2.39. The molecule has 6 nitrogen and oxygen atoms in total. The molecule has 172 valence electrons. The van der Waals surface area contributed by atoms with E-state index in [0.29, 0.717) is 30.9 Å². The minimum absolute atomic E-state index is 0.00566. The van der Waals surface area contributed by atoms with Crippen LogP contribution in [0.1, 0.15) is 71.1 Å². The lowest BCUT2D eigenvalue weighted by Gasteiger charge is -2.48. The molecule has 3 aliphatic carbocycles. The fourth-order valence-electron chi connectivity index (χ4n) is 6.65. The molecule has 4 N–H and O–H groups in total. The van der Waals surface area contributed by atoms with Gasteiger partial charge < -0.3 is 25.6 Å². The van der Waals surface area contributed by atoms with Crippen LogP contribution in [-0.4, -0.2) is 65.1 Å². The Hall–Kier alpha value is -0.690. The lowest BCUT2D eigenvalue weighted by molar-refractivity contribution is -0.172. The molecule has 0 aromatic carbocycles. The van der Waals surface area contributed by atoms with E-state index < -0.39 is 24.2 Å². The van der Waals surface area contributed by atoms with Crippen LogP contribution < -0.4 is 5.73 Å². The zero-order valence-corrected chi connectivity index (χ0v) is 18.6. The number of nitrogens with two attached hydrogens (primary N) is 1.